The highest BCUT2D eigenvalue weighted by molar-refractivity contribution is 9.10. The molecule has 1 saturated heterocycles. The number of nitrogens with zero attached hydrogens (tertiary/aromatic N) is 1. The van der Waals surface area contributed by atoms with Crippen LogP contribution >= 0.6 is 15.9 Å². The first-order chi connectivity index (χ1) is 9.28. The zero-order chi connectivity index (χ0) is 14.9. The zero-order valence-electron chi connectivity index (χ0n) is 10.4. The molecule has 1 aliphatic heterocycles. The van der Waals surface area contributed by atoms with Gasteiger partial charge in [-0.15, -0.1) is 0 Å². The second kappa shape index (κ2) is 5.57. The van der Waals surface area contributed by atoms with E-state index in [0.717, 1.165) is 0 Å². The molecule has 1 aromatic rings. The molecule has 110 valence electrons. The van der Waals surface area contributed by atoms with Gasteiger partial charge in [0.2, 0.25) is 0 Å². The molecule has 0 radical (unpaired) electrons. The predicted molar refractivity (Wildman–Crippen MR) is 74.2 cm³/mol. The smallest absolute Gasteiger partial charge is 0.305 e. The summed E-state index contributed by atoms with van der Waals surface area (Å²) >= 11 is 3.21. The third-order valence-corrected chi connectivity index (χ3v) is 5.23. The summed E-state index contributed by atoms with van der Waals surface area (Å²) in [7, 11) is -3.30. The van der Waals surface area contributed by atoms with E-state index in [1.807, 2.05) is 0 Å². The Morgan fingerprint density at radius 2 is 2.20 bits per heavy atom. The van der Waals surface area contributed by atoms with Crippen LogP contribution in [0.2, 0.25) is 0 Å². The fourth-order valence-corrected chi connectivity index (χ4v) is 4.04. The monoisotopic (exact) mass is 364 g/mol. The van der Waals surface area contributed by atoms with Gasteiger partial charge >= 0.3 is 5.97 Å². The SMILES string of the molecule is O=C(O)CC1CS(=O)(=O)CCN1C(=O)c1cc(Br)c[nH]1. The van der Waals surface area contributed by atoms with Gasteiger partial charge in [0.05, 0.1) is 24.0 Å². The number of aromatic amines is 1. The zero-order valence-corrected chi connectivity index (χ0v) is 12.8. The van der Waals surface area contributed by atoms with Crippen molar-refractivity contribution in [2.75, 3.05) is 18.1 Å². The molecule has 0 aromatic carbocycles. The molecule has 7 nitrogen and oxygen atoms in total. The fraction of sp³-hybridized carbons (Fsp3) is 0.455. The summed E-state index contributed by atoms with van der Waals surface area (Å²) in [6.45, 7) is 0.00967. The number of nitrogens with one attached hydrogen (secondary N) is 1. The Balaban J connectivity index is 2.23. The van der Waals surface area contributed by atoms with Crippen LogP contribution in [-0.4, -0.2) is 59.4 Å². The molecule has 0 aliphatic carbocycles. The summed E-state index contributed by atoms with van der Waals surface area (Å²) in [4.78, 5) is 27.2. The Hall–Kier alpha value is -1.35. The van der Waals surface area contributed by atoms with Crippen molar-refractivity contribution in [3.05, 3.63) is 22.4 Å². The summed E-state index contributed by atoms with van der Waals surface area (Å²) < 4.78 is 23.9. The first-order valence-electron chi connectivity index (χ1n) is 5.85. The molecular weight excluding hydrogens is 352 g/mol. The van der Waals surface area contributed by atoms with Crippen molar-refractivity contribution in [3.8, 4) is 0 Å². The maximum Gasteiger partial charge on any atom is 0.305 e. The van der Waals surface area contributed by atoms with Crippen LogP contribution < -0.4 is 0 Å². The first-order valence-corrected chi connectivity index (χ1v) is 8.47. The predicted octanol–water partition coefficient (Wildman–Crippen LogP) is 0.491. The molecule has 1 aliphatic rings. The molecule has 1 amide bonds. The second-order valence-corrected chi connectivity index (χ2v) is 7.74. The van der Waals surface area contributed by atoms with Crippen LogP contribution in [-0.2, 0) is 14.6 Å². The third kappa shape index (κ3) is 3.40. The molecule has 2 heterocycles. The molecule has 2 N–H and O–H groups in total. The average molecular weight is 365 g/mol. The number of aliphatic carboxylic acids is 1. The molecule has 0 saturated carbocycles. The van der Waals surface area contributed by atoms with Crippen molar-refractivity contribution in [2.24, 2.45) is 0 Å². The van der Waals surface area contributed by atoms with Crippen LogP contribution in [0, 0.1) is 0 Å². The largest absolute Gasteiger partial charge is 0.481 e. The van der Waals surface area contributed by atoms with Crippen LogP contribution in [0.3, 0.4) is 0 Å². The molecule has 2 rings (SSSR count). The van der Waals surface area contributed by atoms with E-state index >= 15 is 0 Å². The summed E-state index contributed by atoms with van der Waals surface area (Å²) in [5, 5.41) is 8.86. The van der Waals surface area contributed by atoms with Gasteiger partial charge in [0, 0.05) is 17.2 Å². The number of hydrogen-bond donors (Lipinski definition) is 2. The minimum Gasteiger partial charge on any atom is -0.481 e. The third-order valence-electron chi connectivity index (χ3n) is 3.08. The Bertz CT molecular complexity index is 639. The molecule has 9 heteroatoms. The minimum absolute atomic E-state index is 0.00967. The van der Waals surface area contributed by atoms with Gasteiger partial charge in [0.15, 0.2) is 9.84 Å². The molecule has 0 spiro atoms. The van der Waals surface area contributed by atoms with Gasteiger partial charge in [-0.1, -0.05) is 0 Å². The molecule has 1 atom stereocenters. The Morgan fingerprint density at radius 1 is 1.50 bits per heavy atom. The molecule has 0 bridgehead atoms. The van der Waals surface area contributed by atoms with Crippen LogP contribution in [0.1, 0.15) is 16.9 Å². The van der Waals surface area contributed by atoms with Crippen LogP contribution in [0.4, 0.5) is 0 Å². The van der Waals surface area contributed by atoms with Crippen molar-refractivity contribution in [3.63, 3.8) is 0 Å². The van der Waals surface area contributed by atoms with Gasteiger partial charge in [-0.2, -0.15) is 0 Å². The lowest BCUT2D eigenvalue weighted by molar-refractivity contribution is -0.138. The Labute approximate surface area is 124 Å². The number of carbonyl (C=O) groups is 2. The normalized spacial score (nSPS) is 21.6. The highest BCUT2D eigenvalue weighted by Crippen LogP contribution is 2.19. The van der Waals surface area contributed by atoms with Gasteiger partial charge in [-0.25, -0.2) is 8.42 Å². The van der Waals surface area contributed by atoms with E-state index in [0.29, 0.717) is 10.2 Å². The van der Waals surface area contributed by atoms with Gasteiger partial charge in [0.25, 0.3) is 5.91 Å². The van der Waals surface area contributed by atoms with E-state index in [2.05, 4.69) is 20.9 Å². The van der Waals surface area contributed by atoms with Crippen molar-refractivity contribution >= 4 is 37.6 Å². The minimum atomic E-state index is -3.30. The number of aromatic nitrogens is 1. The molecule has 1 unspecified atom stereocenters. The maximum absolute atomic E-state index is 12.3. The van der Waals surface area contributed by atoms with Crippen LogP contribution in [0.5, 0.6) is 0 Å². The summed E-state index contributed by atoms with van der Waals surface area (Å²) in [6, 6.07) is 0.740. The number of sulfone groups is 1. The highest BCUT2D eigenvalue weighted by atomic mass is 79.9. The molecule has 1 aromatic heterocycles. The van der Waals surface area contributed by atoms with Gasteiger partial charge in [-0.05, 0) is 22.0 Å². The summed E-state index contributed by atoms with van der Waals surface area (Å²) in [5.41, 5.74) is 0.298. The van der Waals surface area contributed by atoms with Gasteiger partial charge in [-0.3, -0.25) is 9.59 Å². The lowest BCUT2D eigenvalue weighted by Crippen LogP contribution is -2.52. The Kier molecular flexibility index (Phi) is 4.19. The van der Waals surface area contributed by atoms with E-state index in [1.54, 1.807) is 12.3 Å². The molecule has 20 heavy (non-hydrogen) atoms. The number of carboxylic acid groups (broad SMARTS) is 1. The number of hydrogen-bond acceptors (Lipinski definition) is 4. The highest BCUT2D eigenvalue weighted by Gasteiger charge is 2.36. The lowest BCUT2D eigenvalue weighted by Gasteiger charge is -2.34. The number of carboxylic acids is 1. The van der Waals surface area contributed by atoms with Crippen LogP contribution in [0.25, 0.3) is 0 Å². The number of halogens is 1. The van der Waals surface area contributed by atoms with Crippen molar-refractivity contribution in [1.82, 2.24) is 9.88 Å². The van der Waals surface area contributed by atoms with Crippen LogP contribution in [0.15, 0.2) is 16.7 Å². The molecule has 1 fully saturated rings. The van der Waals surface area contributed by atoms with E-state index < -0.39 is 27.8 Å². The van der Waals surface area contributed by atoms with Gasteiger partial charge < -0.3 is 15.0 Å². The average Bonchev–Trinajstić information content (AvgIpc) is 2.73. The van der Waals surface area contributed by atoms with Crippen molar-refractivity contribution in [2.45, 2.75) is 12.5 Å². The number of carbonyl (C=O) groups excluding carboxylic acids is 1. The summed E-state index contributed by atoms with van der Waals surface area (Å²) in [6.07, 6.45) is 1.20. The first kappa shape index (κ1) is 15.0. The van der Waals surface area contributed by atoms with E-state index in [4.69, 9.17) is 5.11 Å². The quantitative estimate of drug-likeness (QED) is 0.811. The maximum atomic E-state index is 12.3. The standard InChI is InChI=1S/C11H13BrN2O5S/c12-7-3-9(13-5-7)11(17)14-1-2-20(18,19)6-8(14)4-10(15)16/h3,5,8,13H,1-2,4,6H2,(H,15,16). The Morgan fingerprint density at radius 3 is 2.75 bits per heavy atom. The lowest BCUT2D eigenvalue weighted by atomic mass is 10.2. The number of H-pyrrole nitrogens is 1. The van der Waals surface area contributed by atoms with E-state index in [-0.39, 0.29) is 24.5 Å². The fourth-order valence-electron chi connectivity index (χ4n) is 2.17. The molecular formula is C11H13BrN2O5S. The van der Waals surface area contributed by atoms with Gasteiger partial charge in [0.1, 0.15) is 5.69 Å². The van der Waals surface area contributed by atoms with E-state index in [9.17, 15) is 18.0 Å². The van der Waals surface area contributed by atoms with E-state index in [1.165, 1.54) is 4.90 Å². The van der Waals surface area contributed by atoms with Crippen molar-refractivity contribution < 1.29 is 23.1 Å². The summed E-state index contributed by atoms with van der Waals surface area (Å²) in [5.74, 6) is -1.97. The topological polar surface area (TPSA) is 108 Å². The van der Waals surface area contributed by atoms with Crippen molar-refractivity contribution in [1.29, 1.82) is 0 Å². The number of amides is 1. The number of rotatable bonds is 3. The second-order valence-electron chi connectivity index (χ2n) is 4.60.